The summed E-state index contributed by atoms with van der Waals surface area (Å²) in [6.07, 6.45) is -4.76. The number of hydrogen-bond acceptors (Lipinski definition) is 3. The van der Waals surface area contributed by atoms with Crippen LogP contribution in [0.1, 0.15) is 36.1 Å². The van der Waals surface area contributed by atoms with Crippen LogP contribution in [0.4, 0.5) is 13.2 Å². The molecule has 1 amide bonds. The van der Waals surface area contributed by atoms with E-state index in [2.05, 4.69) is 5.32 Å². The zero-order valence-electron chi connectivity index (χ0n) is 14.3. The van der Waals surface area contributed by atoms with Gasteiger partial charge < -0.3 is 10.1 Å². The molecule has 2 aromatic rings. The van der Waals surface area contributed by atoms with Crippen LogP contribution in [0.5, 0.6) is 0 Å². The molecule has 0 aliphatic rings. The maximum Gasteiger partial charge on any atom is 0.416 e. The lowest BCUT2D eigenvalue weighted by Gasteiger charge is -2.18. The van der Waals surface area contributed by atoms with E-state index in [1.807, 2.05) is 0 Å². The minimum Gasteiger partial charge on any atom is -0.461 e. The zero-order valence-corrected chi connectivity index (χ0v) is 15.1. The molecule has 0 aliphatic heterocycles. The molecule has 0 aliphatic carbocycles. The molecule has 0 heterocycles. The smallest absolute Gasteiger partial charge is 0.416 e. The fourth-order valence-corrected chi connectivity index (χ4v) is 2.63. The van der Waals surface area contributed by atoms with E-state index >= 15 is 0 Å². The van der Waals surface area contributed by atoms with Crippen molar-refractivity contribution in [3.63, 3.8) is 0 Å². The highest BCUT2D eigenvalue weighted by Gasteiger charge is 2.33. The largest absolute Gasteiger partial charge is 0.461 e. The minimum absolute atomic E-state index is 0.138. The van der Waals surface area contributed by atoms with E-state index in [4.69, 9.17) is 16.3 Å². The van der Waals surface area contributed by atoms with E-state index in [1.165, 1.54) is 25.1 Å². The van der Waals surface area contributed by atoms with Gasteiger partial charge in [0.1, 0.15) is 6.61 Å². The van der Waals surface area contributed by atoms with Gasteiger partial charge in [-0.3, -0.25) is 9.59 Å². The Hall–Kier alpha value is -2.54. The van der Waals surface area contributed by atoms with Crippen molar-refractivity contribution in [1.82, 2.24) is 5.32 Å². The van der Waals surface area contributed by atoms with Crippen LogP contribution >= 0.6 is 11.6 Å². The van der Waals surface area contributed by atoms with Gasteiger partial charge in [0.05, 0.1) is 18.0 Å². The fourth-order valence-electron chi connectivity index (χ4n) is 2.50. The van der Waals surface area contributed by atoms with E-state index in [-0.39, 0.29) is 17.9 Å². The number of benzene rings is 2. The average Bonchev–Trinajstić information content (AvgIpc) is 2.59. The van der Waals surface area contributed by atoms with Gasteiger partial charge in [-0.25, -0.2) is 0 Å². The van der Waals surface area contributed by atoms with Gasteiger partial charge in [-0.05, 0) is 23.8 Å². The minimum atomic E-state index is -4.54. The van der Waals surface area contributed by atoms with E-state index in [9.17, 15) is 22.8 Å². The molecule has 144 valence electrons. The number of amides is 1. The molecule has 1 unspecified atom stereocenters. The Morgan fingerprint density at radius 2 is 1.74 bits per heavy atom. The summed E-state index contributed by atoms with van der Waals surface area (Å²) in [4.78, 5) is 23.5. The van der Waals surface area contributed by atoms with Crippen molar-refractivity contribution in [3.8, 4) is 0 Å². The highest BCUT2D eigenvalue weighted by atomic mass is 35.5. The monoisotopic (exact) mass is 399 g/mol. The van der Waals surface area contributed by atoms with Gasteiger partial charge in [-0.15, -0.1) is 0 Å². The maximum absolute atomic E-state index is 13.0. The number of alkyl halides is 3. The van der Waals surface area contributed by atoms with E-state index < -0.39 is 30.4 Å². The predicted octanol–water partition coefficient (Wildman–Crippen LogP) is 4.67. The topological polar surface area (TPSA) is 55.4 Å². The van der Waals surface area contributed by atoms with Crippen molar-refractivity contribution in [2.75, 3.05) is 0 Å². The van der Waals surface area contributed by atoms with E-state index in [0.29, 0.717) is 10.6 Å². The first-order chi connectivity index (χ1) is 12.7. The summed E-state index contributed by atoms with van der Waals surface area (Å²) < 4.78 is 43.9. The van der Waals surface area contributed by atoms with Crippen LogP contribution in [0, 0.1) is 0 Å². The molecule has 4 nitrogen and oxygen atoms in total. The molecular weight excluding hydrogens is 383 g/mol. The standard InChI is InChI=1S/C19H17ClF3NO3/c1-12(25)24-17(13-6-8-15(20)9-7-13)10-18(26)27-11-14-4-2-3-5-16(14)19(21,22)23/h2-9,17H,10-11H2,1H3,(H,24,25). The lowest BCUT2D eigenvalue weighted by atomic mass is 10.0. The van der Waals surface area contributed by atoms with Crippen LogP contribution in [-0.4, -0.2) is 11.9 Å². The molecule has 8 heteroatoms. The number of nitrogens with one attached hydrogen (secondary N) is 1. The summed E-state index contributed by atoms with van der Waals surface area (Å²) in [5.41, 5.74) is -0.364. The molecule has 0 bridgehead atoms. The molecule has 2 rings (SSSR count). The summed E-state index contributed by atoms with van der Waals surface area (Å²) in [6, 6.07) is 10.7. The molecule has 27 heavy (non-hydrogen) atoms. The summed E-state index contributed by atoms with van der Waals surface area (Å²) in [6.45, 7) is 0.787. The normalized spacial score (nSPS) is 12.3. The van der Waals surface area contributed by atoms with Gasteiger partial charge in [-0.2, -0.15) is 13.2 Å². The lowest BCUT2D eigenvalue weighted by molar-refractivity contribution is -0.148. The Morgan fingerprint density at radius 3 is 2.33 bits per heavy atom. The number of carbonyl (C=O) groups excluding carboxylic acids is 2. The molecule has 0 aromatic heterocycles. The second kappa shape index (κ2) is 8.90. The average molecular weight is 400 g/mol. The summed E-state index contributed by atoms with van der Waals surface area (Å²) in [7, 11) is 0. The highest BCUT2D eigenvalue weighted by molar-refractivity contribution is 6.30. The summed E-state index contributed by atoms with van der Waals surface area (Å²) in [5, 5.41) is 3.11. The Morgan fingerprint density at radius 1 is 1.11 bits per heavy atom. The van der Waals surface area contributed by atoms with Crippen LogP contribution in [0.2, 0.25) is 5.02 Å². The molecule has 0 saturated heterocycles. The highest BCUT2D eigenvalue weighted by Crippen LogP contribution is 2.32. The molecule has 0 spiro atoms. The van der Waals surface area contributed by atoms with Gasteiger partial charge >= 0.3 is 12.1 Å². The maximum atomic E-state index is 13.0. The SMILES string of the molecule is CC(=O)NC(CC(=O)OCc1ccccc1C(F)(F)F)c1ccc(Cl)cc1. The number of halogens is 4. The van der Waals surface area contributed by atoms with Crippen LogP contribution in [0.25, 0.3) is 0 Å². The second-order valence-electron chi connectivity index (χ2n) is 5.82. The Kier molecular flexibility index (Phi) is 6.85. The molecule has 0 fully saturated rings. The summed E-state index contributed by atoms with van der Waals surface area (Å²) >= 11 is 5.83. The van der Waals surface area contributed by atoms with Crippen LogP contribution in [-0.2, 0) is 27.1 Å². The summed E-state index contributed by atoms with van der Waals surface area (Å²) in [5.74, 6) is -1.09. The number of carbonyl (C=O) groups is 2. The van der Waals surface area contributed by atoms with Crippen molar-refractivity contribution in [2.24, 2.45) is 0 Å². The van der Waals surface area contributed by atoms with Gasteiger partial charge in [0, 0.05) is 17.5 Å². The van der Waals surface area contributed by atoms with E-state index in [0.717, 1.165) is 6.07 Å². The van der Waals surface area contributed by atoms with Gasteiger partial charge in [0.25, 0.3) is 0 Å². The Labute approximate surface area is 159 Å². The number of rotatable bonds is 6. The van der Waals surface area contributed by atoms with Crippen molar-refractivity contribution in [2.45, 2.75) is 32.2 Å². The first-order valence-corrected chi connectivity index (χ1v) is 8.38. The fraction of sp³-hybridized carbons (Fsp3) is 0.263. The molecule has 2 aromatic carbocycles. The zero-order chi connectivity index (χ0) is 20.0. The lowest BCUT2D eigenvalue weighted by Crippen LogP contribution is -2.28. The number of hydrogen-bond donors (Lipinski definition) is 1. The quantitative estimate of drug-likeness (QED) is 0.718. The predicted molar refractivity (Wildman–Crippen MR) is 93.9 cm³/mol. The van der Waals surface area contributed by atoms with Gasteiger partial charge in [-0.1, -0.05) is 41.9 Å². The molecule has 0 radical (unpaired) electrons. The third-order valence-corrected chi connectivity index (χ3v) is 3.98. The molecule has 1 N–H and O–H groups in total. The van der Waals surface area contributed by atoms with Gasteiger partial charge in [0.2, 0.25) is 5.91 Å². The third-order valence-electron chi connectivity index (χ3n) is 3.73. The molecular formula is C19H17ClF3NO3. The number of esters is 1. The number of ether oxygens (including phenoxy) is 1. The Balaban J connectivity index is 2.06. The molecule has 1 atom stereocenters. The van der Waals surface area contributed by atoms with E-state index in [1.54, 1.807) is 24.3 Å². The van der Waals surface area contributed by atoms with Crippen LogP contribution < -0.4 is 5.32 Å². The van der Waals surface area contributed by atoms with Crippen molar-refractivity contribution in [3.05, 3.63) is 70.2 Å². The van der Waals surface area contributed by atoms with Gasteiger partial charge in [0.15, 0.2) is 0 Å². The Bertz CT molecular complexity index is 807. The first kappa shape index (κ1) is 20.8. The first-order valence-electron chi connectivity index (χ1n) is 8.00. The third kappa shape index (κ3) is 6.29. The van der Waals surface area contributed by atoms with Crippen LogP contribution in [0.3, 0.4) is 0 Å². The molecule has 0 saturated carbocycles. The van der Waals surface area contributed by atoms with Crippen molar-refractivity contribution >= 4 is 23.5 Å². The second-order valence-corrected chi connectivity index (χ2v) is 6.26. The van der Waals surface area contributed by atoms with Crippen molar-refractivity contribution < 1.29 is 27.5 Å². The van der Waals surface area contributed by atoms with Crippen molar-refractivity contribution in [1.29, 1.82) is 0 Å². The van der Waals surface area contributed by atoms with Crippen LogP contribution in [0.15, 0.2) is 48.5 Å².